The van der Waals surface area contributed by atoms with Gasteiger partial charge in [0.1, 0.15) is 18.1 Å². The Hall–Kier alpha value is -2.35. The van der Waals surface area contributed by atoms with Crippen molar-refractivity contribution in [3.05, 3.63) is 36.0 Å². The van der Waals surface area contributed by atoms with Crippen molar-refractivity contribution in [3.63, 3.8) is 0 Å². The maximum atomic E-state index is 13.3. The monoisotopic (exact) mass is 541 g/mol. The number of hydrogen-bond acceptors (Lipinski definition) is 8. The molecule has 35 heavy (non-hydrogen) atoms. The van der Waals surface area contributed by atoms with Crippen LogP contribution in [0.2, 0.25) is 0 Å². The van der Waals surface area contributed by atoms with Crippen LogP contribution in [-0.2, 0) is 25.6 Å². The lowest BCUT2D eigenvalue weighted by atomic mass is 10.0. The Bertz CT molecular complexity index is 1030. The maximum absolute atomic E-state index is 13.3. The Morgan fingerprint density at radius 3 is 2.26 bits per heavy atom. The number of aliphatic carboxylic acids is 1. The zero-order valence-electron chi connectivity index (χ0n) is 19.2. The normalized spacial score (nSPS) is 14.5. The number of carboxylic acid groups (broad SMARTS) is 1. The van der Waals surface area contributed by atoms with E-state index in [0.717, 1.165) is 16.5 Å². The molecule has 0 fully saturated rings. The number of rotatable bonds is 14. The molecule has 2 aromatic rings. The summed E-state index contributed by atoms with van der Waals surface area (Å²) in [6.45, 7) is 0. The molecule has 0 bridgehead atoms. The van der Waals surface area contributed by atoms with Gasteiger partial charge in [-0.2, -0.15) is 37.0 Å². The summed E-state index contributed by atoms with van der Waals surface area (Å²) in [5.41, 5.74) is 7.46. The van der Waals surface area contributed by atoms with E-state index in [4.69, 9.17) is 5.73 Å². The van der Waals surface area contributed by atoms with Crippen LogP contribution in [0, 0.1) is 0 Å². The van der Waals surface area contributed by atoms with E-state index in [0.29, 0.717) is 5.75 Å². The lowest BCUT2D eigenvalue weighted by Crippen LogP contribution is -2.58. The second-order valence-electron chi connectivity index (χ2n) is 7.84. The van der Waals surface area contributed by atoms with Gasteiger partial charge in [0.05, 0.1) is 6.04 Å². The average Bonchev–Trinajstić information content (AvgIpc) is 3.26. The van der Waals surface area contributed by atoms with E-state index in [1.54, 1.807) is 6.20 Å². The van der Waals surface area contributed by atoms with Crippen molar-refractivity contribution in [3.8, 4) is 0 Å². The number of fused-ring (bicyclic) bond motifs is 1. The van der Waals surface area contributed by atoms with Gasteiger partial charge in [0, 0.05) is 35.0 Å². The van der Waals surface area contributed by atoms with Gasteiger partial charge >= 0.3 is 5.97 Å². The quantitative estimate of drug-likeness (QED) is 0.158. The molecule has 1 heterocycles. The minimum absolute atomic E-state index is 0.0896. The van der Waals surface area contributed by atoms with Crippen molar-refractivity contribution in [2.75, 3.05) is 23.5 Å². The van der Waals surface area contributed by atoms with Crippen LogP contribution >= 0.6 is 37.0 Å². The van der Waals surface area contributed by atoms with Crippen LogP contribution in [-0.4, -0.2) is 81.5 Å². The molecule has 0 aliphatic heterocycles. The molecule has 1 aromatic heterocycles. The molecule has 0 radical (unpaired) electrons. The minimum atomic E-state index is -1.23. The van der Waals surface area contributed by atoms with Crippen molar-refractivity contribution in [1.29, 1.82) is 0 Å². The van der Waals surface area contributed by atoms with Gasteiger partial charge in [-0.15, -0.1) is 0 Å². The number of nitrogens with two attached hydrogens (primary N) is 1. The van der Waals surface area contributed by atoms with E-state index in [1.165, 1.54) is 11.8 Å². The van der Waals surface area contributed by atoms with Crippen molar-refractivity contribution >= 4 is 71.6 Å². The fraction of sp³-hybridized carbons (Fsp3) is 0.455. The molecule has 0 saturated carbocycles. The summed E-state index contributed by atoms with van der Waals surface area (Å²) in [6, 6.07) is 3.39. The number of H-pyrrole nitrogens is 1. The number of thiol groups is 2. The fourth-order valence-electron chi connectivity index (χ4n) is 3.33. The molecule has 13 heteroatoms. The highest BCUT2D eigenvalue weighted by atomic mass is 32.2. The van der Waals surface area contributed by atoms with Gasteiger partial charge in [-0.25, -0.2) is 4.79 Å². The highest BCUT2D eigenvalue weighted by Gasteiger charge is 2.30. The van der Waals surface area contributed by atoms with Crippen LogP contribution in [0.25, 0.3) is 10.9 Å². The fourth-order valence-corrected chi connectivity index (χ4v) is 4.21. The highest BCUT2D eigenvalue weighted by molar-refractivity contribution is 7.98. The Morgan fingerprint density at radius 1 is 1.00 bits per heavy atom. The van der Waals surface area contributed by atoms with E-state index in [-0.39, 0.29) is 24.3 Å². The number of amides is 3. The third-order valence-corrected chi connectivity index (χ3v) is 6.71. The first-order chi connectivity index (χ1) is 16.7. The predicted molar refractivity (Wildman–Crippen MR) is 144 cm³/mol. The number of benzene rings is 1. The number of para-hydroxylation sites is 1. The molecule has 4 atom stereocenters. The standard InChI is InChI=1S/C22H31N5O5S3/c1-35-7-6-16(20(29)27-18(11-34)22(31)32)25-21(30)17(26-19(28)14(23)10-33)8-12-9-24-15-5-3-2-4-13(12)15/h2-5,9,14,16-18,24,33-34H,6-8,10-11,23H2,1H3,(H,25,30)(H,26,28)(H,27,29)(H,31,32). The highest BCUT2D eigenvalue weighted by Crippen LogP contribution is 2.19. The summed E-state index contributed by atoms with van der Waals surface area (Å²) < 4.78 is 0. The average molecular weight is 542 g/mol. The molecule has 1 aromatic carbocycles. The second-order valence-corrected chi connectivity index (χ2v) is 9.55. The predicted octanol–water partition coefficient (Wildman–Crippen LogP) is 0.189. The molecule has 4 unspecified atom stereocenters. The Morgan fingerprint density at radius 2 is 1.63 bits per heavy atom. The summed E-state index contributed by atoms with van der Waals surface area (Å²) in [5, 5.41) is 17.9. The summed E-state index contributed by atoms with van der Waals surface area (Å²) >= 11 is 9.48. The van der Waals surface area contributed by atoms with E-state index in [1.807, 2.05) is 30.5 Å². The Kier molecular flexibility index (Phi) is 11.8. The molecule has 0 aliphatic carbocycles. The number of carboxylic acids is 1. The number of carbonyl (C=O) groups excluding carboxylic acids is 3. The van der Waals surface area contributed by atoms with Crippen LogP contribution in [0.4, 0.5) is 0 Å². The van der Waals surface area contributed by atoms with E-state index < -0.39 is 47.9 Å². The van der Waals surface area contributed by atoms with Crippen molar-refractivity contribution in [1.82, 2.24) is 20.9 Å². The van der Waals surface area contributed by atoms with Gasteiger partial charge < -0.3 is 31.8 Å². The van der Waals surface area contributed by atoms with Crippen molar-refractivity contribution in [2.24, 2.45) is 5.73 Å². The number of nitrogens with one attached hydrogen (secondary N) is 4. The summed E-state index contributed by atoms with van der Waals surface area (Å²) in [6.07, 6.45) is 4.02. The molecule has 0 spiro atoms. The van der Waals surface area contributed by atoms with Crippen LogP contribution in [0.3, 0.4) is 0 Å². The van der Waals surface area contributed by atoms with E-state index in [9.17, 15) is 24.3 Å². The van der Waals surface area contributed by atoms with Gasteiger partial charge in [0.15, 0.2) is 0 Å². The van der Waals surface area contributed by atoms with Gasteiger partial charge in [-0.05, 0) is 30.1 Å². The lowest BCUT2D eigenvalue weighted by molar-refractivity contribution is -0.141. The SMILES string of the molecule is CSCCC(NC(=O)C(Cc1c[nH]c2ccccc12)NC(=O)C(N)CS)C(=O)NC(CS)C(=O)O. The molecule has 7 N–H and O–H groups in total. The first-order valence-electron chi connectivity index (χ1n) is 10.9. The zero-order chi connectivity index (χ0) is 26.0. The minimum Gasteiger partial charge on any atom is -0.480 e. The van der Waals surface area contributed by atoms with Gasteiger partial charge in [0.25, 0.3) is 0 Å². The van der Waals surface area contributed by atoms with Crippen LogP contribution in [0.15, 0.2) is 30.5 Å². The Balaban J connectivity index is 2.26. The molecule has 0 saturated heterocycles. The molecule has 0 aliphatic rings. The molecule has 3 amide bonds. The second kappa shape index (κ2) is 14.3. The zero-order valence-corrected chi connectivity index (χ0v) is 21.8. The van der Waals surface area contributed by atoms with Gasteiger partial charge in [0.2, 0.25) is 17.7 Å². The number of carbonyl (C=O) groups is 4. The number of aromatic amines is 1. The topological polar surface area (TPSA) is 166 Å². The van der Waals surface area contributed by atoms with Gasteiger partial charge in [-0.1, -0.05) is 18.2 Å². The summed E-state index contributed by atoms with van der Waals surface area (Å²) in [7, 11) is 0. The molecule has 2 rings (SSSR count). The van der Waals surface area contributed by atoms with E-state index in [2.05, 4.69) is 46.2 Å². The maximum Gasteiger partial charge on any atom is 0.327 e. The number of aromatic nitrogens is 1. The number of hydrogen-bond donors (Lipinski definition) is 8. The third-order valence-electron chi connectivity index (χ3n) is 5.31. The van der Waals surface area contributed by atoms with Gasteiger partial charge in [-0.3, -0.25) is 14.4 Å². The first-order valence-corrected chi connectivity index (χ1v) is 13.5. The molecular formula is C22H31N5O5S3. The third kappa shape index (κ3) is 8.37. The molecule has 192 valence electrons. The molecular weight excluding hydrogens is 510 g/mol. The smallest absolute Gasteiger partial charge is 0.327 e. The Labute approximate surface area is 218 Å². The molecule has 10 nitrogen and oxygen atoms in total. The van der Waals surface area contributed by atoms with E-state index >= 15 is 0 Å². The van der Waals surface area contributed by atoms with Crippen LogP contribution < -0.4 is 21.7 Å². The van der Waals surface area contributed by atoms with Crippen LogP contribution in [0.5, 0.6) is 0 Å². The summed E-state index contributed by atoms with van der Waals surface area (Å²) in [5.74, 6) is -2.48. The van der Waals surface area contributed by atoms with Crippen molar-refractivity contribution in [2.45, 2.75) is 37.0 Å². The van der Waals surface area contributed by atoms with Crippen molar-refractivity contribution < 1.29 is 24.3 Å². The largest absolute Gasteiger partial charge is 0.480 e. The first kappa shape index (κ1) is 28.9. The van der Waals surface area contributed by atoms with Crippen LogP contribution in [0.1, 0.15) is 12.0 Å². The number of thioether (sulfide) groups is 1. The summed E-state index contributed by atoms with van der Waals surface area (Å²) in [4.78, 5) is 53.0. The lowest BCUT2D eigenvalue weighted by Gasteiger charge is -2.25.